The molecule has 0 saturated carbocycles. The topological polar surface area (TPSA) is 118 Å². The molecule has 0 bridgehead atoms. The first-order chi connectivity index (χ1) is 14.1. The van der Waals surface area contributed by atoms with E-state index in [4.69, 9.17) is 18.9 Å². The third-order valence-electron chi connectivity index (χ3n) is 3.91. The van der Waals surface area contributed by atoms with E-state index < -0.39 is 10.6 Å². The van der Waals surface area contributed by atoms with Gasteiger partial charge in [0.2, 0.25) is 5.82 Å². The molecule has 10 heteroatoms. The fraction of sp³-hybridized carbons (Fsp3) is 0.158. The quantitative estimate of drug-likeness (QED) is 0.444. The van der Waals surface area contributed by atoms with Crippen molar-refractivity contribution in [3.05, 3.63) is 58.9 Å². The number of ether oxygens (including phenoxy) is 4. The van der Waals surface area contributed by atoms with Gasteiger partial charge < -0.3 is 24.3 Å². The van der Waals surface area contributed by atoms with Gasteiger partial charge in [-0.15, -0.1) is 0 Å². The fourth-order valence-electron chi connectivity index (χ4n) is 2.53. The number of aromatic nitrogens is 2. The zero-order chi connectivity index (χ0) is 20.8. The number of nitrogens with one attached hydrogen (secondary N) is 1. The minimum atomic E-state index is -0.622. The molecule has 10 nitrogen and oxygen atoms in total. The van der Waals surface area contributed by atoms with Crippen LogP contribution in [0.3, 0.4) is 0 Å². The van der Waals surface area contributed by atoms with Crippen LogP contribution in [0.25, 0.3) is 0 Å². The monoisotopic (exact) mass is 398 g/mol. The third kappa shape index (κ3) is 4.26. The second kappa shape index (κ2) is 8.74. The highest BCUT2D eigenvalue weighted by molar-refractivity contribution is 5.73. The minimum absolute atomic E-state index is 0.0571. The van der Waals surface area contributed by atoms with Crippen LogP contribution in [0, 0.1) is 10.1 Å². The summed E-state index contributed by atoms with van der Waals surface area (Å²) in [5.74, 6) is 1.40. The van der Waals surface area contributed by atoms with E-state index in [1.165, 1.54) is 21.3 Å². The lowest BCUT2D eigenvalue weighted by Gasteiger charge is -2.13. The summed E-state index contributed by atoms with van der Waals surface area (Å²) < 4.78 is 21.3. The largest absolute Gasteiger partial charge is 0.497 e. The van der Waals surface area contributed by atoms with Crippen LogP contribution in [-0.2, 0) is 0 Å². The van der Waals surface area contributed by atoms with Gasteiger partial charge in [-0.1, -0.05) is 12.1 Å². The molecule has 1 heterocycles. The Morgan fingerprint density at radius 1 is 0.931 bits per heavy atom. The van der Waals surface area contributed by atoms with Crippen LogP contribution in [0.2, 0.25) is 0 Å². The van der Waals surface area contributed by atoms with E-state index in [-0.39, 0.29) is 17.4 Å². The van der Waals surface area contributed by atoms with Crippen LogP contribution in [0.5, 0.6) is 28.9 Å². The predicted molar refractivity (Wildman–Crippen MR) is 105 cm³/mol. The van der Waals surface area contributed by atoms with Crippen LogP contribution >= 0.6 is 0 Å². The summed E-state index contributed by atoms with van der Waals surface area (Å²) in [5.41, 5.74) is 0.0228. The van der Waals surface area contributed by atoms with Gasteiger partial charge in [0.1, 0.15) is 17.8 Å². The Hall–Kier alpha value is -4.08. The van der Waals surface area contributed by atoms with Crippen molar-refractivity contribution in [2.24, 2.45) is 0 Å². The van der Waals surface area contributed by atoms with Gasteiger partial charge >= 0.3 is 11.6 Å². The molecule has 0 aliphatic heterocycles. The van der Waals surface area contributed by atoms with Gasteiger partial charge in [-0.2, -0.15) is 4.98 Å². The summed E-state index contributed by atoms with van der Waals surface area (Å²) in [5, 5.41) is 14.7. The molecule has 3 rings (SSSR count). The Labute approximate surface area is 166 Å². The summed E-state index contributed by atoms with van der Waals surface area (Å²) >= 11 is 0. The maximum absolute atomic E-state index is 11.8. The molecule has 0 amide bonds. The maximum Gasteiger partial charge on any atom is 0.373 e. The van der Waals surface area contributed by atoms with Gasteiger partial charge in [-0.3, -0.25) is 10.1 Å². The second-order valence-electron chi connectivity index (χ2n) is 5.58. The van der Waals surface area contributed by atoms with E-state index in [0.29, 0.717) is 22.9 Å². The highest BCUT2D eigenvalue weighted by Gasteiger charge is 2.26. The van der Waals surface area contributed by atoms with E-state index in [0.717, 1.165) is 6.33 Å². The molecule has 29 heavy (non-hydrogen) atoms. The summed E-state index contributed by atoms with van der Waals surface area (Å²) in [6, 6.07) is 11.7. The van der Waals surface area contributed by atoms with Gasteiger partial charge in [-0.25, -0.2) is 4.98 Å². The first-order valence-corrected chi connectivity index (χ1v) is 8.36. The van der Waals surface area contributed by atoms with E-state index in [9.17, 15) is 10.1 Å². The van der Waals surface area contributed by atoms with Crippen molar-refractivity contribution in [2.75, 3.05) is 26.6 Å². The molecule has 0 fully saturated rings. The Bertz CT molecular complexity index is 1030. The van der Waals surface area contributed by atoms with Crippen molar-refractivity contribution in [1.82, 2.24) is 9.97 Å². The van der Waals surface area contributed by atoms with Crippen molar-refractivity contribution in [3.8, 4) is 28.9 Å². The van der Waals surface area contributed by atoms with E-state index in [1.54, 1.807) is 42.5 Å². The zero-order valence-corrected chi connectivity index (χ0v) is 15.9. The Kier molecular flexibility index (Phi) is 5.93. The average Bonchev–Trinajstić information content (AvgIpc) is 2.74. The molecule has 2 aromatic carbocycles. The Morgan fingerprint density at radius 2 is 1.66 bits per heavy atom. The Balaban J connectivity index is 2.01. The van der Waals surface area contributed by atoms with Crippen LogP contribution in [-0.4, -0.2) is 36.2 Å². The zero-order valence-electron chi connectivity index (χ0n) is 15.9. The molecular weight excluding hydrogens is 380 g/mol. The lowest BCUT2D eigenvalue weighted by atomic mass is 10.2. The van der Waals surface area contributed by atoms with E-state index in [2.05, 4.69) is 15.3 Å². The number of nitrogens with zero attached hydrogens (tertiary/aromatic N) is 3. The van der Waals surface area contributed by atoms with Crippen LogP contribution in [0.15, 0.2) is 48.8 Å². The average molecular weight is 398 g/mol. The molecule has 0 unspecified atom stereocenters. The van der Waals surface area contributed by atoms with E-state index >= 15 is 0 Å². The lowest BCUT2D eigenvalue weighted by molar-refractivity contribution is -0.385. The van der Waals surface area contributed by atoms with Crippen LogP contribution in [0.4, 0.5) is 17.2 Å². The van der Waals surface area contributed by atoms with Crippen molar-refractivity contribution in [1.29, 1.82) is 0 Å². The number of anilines is 2. The third-order valence-corrected chi connectivity index (χ3v) is 3.91. The van der Waals surface area contributed by atoms with Gasteiger partial charge in [-0.05, 0) is 24.3 Å². The molecule has 0 atom stereocenters. The number of hydrogen-bond acceptors (Lipinski definition) is 9. The highest BCUT2D eigenvalue weighted by atomic mass is 16.6. The number of hydrogen-bond donors (Lipinski definition) is 1. The summed E-state index contributed by atoms with van der Waals surface area (Å²) in [6.45, 7) is 0. The van der Waals surface area contributed by atoms with Crippen LogP contribution in [0.1, 0.15) is 0 Å². The first kappa shape index (κ1) is 19.7. The molecule has 1 aromatic heterocycles. The molecule has 1 N–H and O–H groups in total. The van der Waals surface area contributed by atoms with Gasteiger partial charge in [0.05, 0.1) is 31.9 Å². The molecular formula is C19H18N4O6. The SMILES string of the molecule is COc1ccc(Nc2ncnc(Oc3ccccc3OC)c2[N+](=O)[O-])c(OC)c1. The van der Waals surface area contributed by atoms with Crippen molar-refractivity contribution < 1.29 is 23.9 Å². The Morgan fingerprint density at radius 3 is 2.31 bits per heavy atom. The summed E-state index contributed by atoms with van der Waals surface area (Å²) in [6.07, 6.45) is 1.16. The predicted octanol–water partition coefficient (Wildman–Crippen LogP) is 3.95. The van der Waals surface area contributed by atoms with E-state index in [1.807, 2.05) is 0 Å². The maximum atomic E-state index is 11.8. The van der Waals surface area contributed by atoms with Gasteiger partial charge in [0.25, 0.3) is 0 Å². The summed E-state index contributed by atoms with van der Waals surface area (Å²) in [4.78, 5) is 19.1. The molecule has 3 aromatic rings. The molecule has 150 valence electrons. The van der Waals surface area contributed by atoms with Gasteiger partial charge in [0, 0.05) is 6.07 Å². The van der Waals surface area contributed by atoms with Crippen molar-refractivity contribution in [2.45, 2.75) is 0 Å². The van der Waals surface area contributed by atoms with Crippen LogP contribution < -0.4 is 24.3 Å². The fourth-order valence-corrected chi connectivity index (χ4v) is 2.53. The minimum Gasteiger partial charge on any atom is -0.497 e. The number of nitro groups is 1. The number of para-hydroxylation sites is 2. The van der Waals surface area contributed by atoms with Gasteiger partial charge in [0.15, 0.2) is 11.5 Å². The number of methoxy groups -OCH3 is 3. The number of rotatable bonds is 8. The molecule has 0 radical (unpaired) electrons. The molecule has 0 aliphatic carbocycles. The normalized spacial score (nSPS) is 10.2. The molecule has 0 aliphatic rings. The standard InChI is InChI=1S/C19H18N4O6/c1-26-12-8-9-13(16(10-12)28-3)22-18-17(23(24)25)19(21-11-20-18)29-15-7-5-4-6-14(15)27-2/h4-11H,1-3H3,(H,20,21,22). The van der Waals surface area contributed by atoms with Crippen molar-refractivity contribution >= 4 is 17.2 Å². The van der Waals surface area contributed by atoms with Crippen molar-refractivity contribution in [3.63, 3.8) is 0 Å². The molecule has 0 saturated heterocycles. The second-order valence-corrected chi connectivity index (χ2v) is 5.58. The molecule has 0 spiro atoms. The first-order valence-electron chi connectivity index (χ1n) is 8.36. The number of benzene rings is 2. The lowest BCUT2D eigenvalue weighted by Crippen LogP contribution is -2.04. The smallest absolute Gasteiger partial charge is 0.373 e. The summed E-state index contributed by atoms with van der Waals surface area (Å²) in [7, 11) is 4.47. The highest BCUT2D eigenvalue weighted by Crippen LogP contribution is 2.39.